The number of carbonyl (C=O) groups is 2. The number of hydrogen-bond acceptors (Lipinski definition) is 4. The van der Waals surface area contributed by atoms with Gasteiger partial charge in [0.2, 0.25) is 5.91 Å². The summed E-state index contributed by atoms with van der Waals surface area (Å²) in [4.78, 5) is 22.0. The van der Waals surface area contributed by atoms with Crippen molar-refractivity contribution in [1.29, 1.82) is 0 Å². The van der Waals surface area contributed by atoms with Crippen molar-refractivity contribution in [3.63, 3.8) is 0 Å². The van der Waals surface area contributed by atoms with Crippen LogP contribution < -0.4 is 10.7 Å². The highest BCUT2D eigenvalue weighted by molar-refractivity contribution is 6.30. The molecule has 1 fully saturated rings. The molecule has 0 aromatic carbocycles. The minimum atomic E-state index is -0.630. The lowest BCUT2D eigenvalue weighted by molar-refractivity contribution is -0.129. The molecule has 0 aromatic rings. The van der Waals surface area contributed by atoms with E-state index in [0.29, 0.717) is 18.4 Å². The van der Waals surface area contributed by atoms with Gasteiger partial charge in [0.05, 0.1) is 0 Å². The van der Waals surface area contributed by atoms with Gasteiger partial charge in [-0.3, -0.25) is 15.0 Å². The molecule has 1 spiro atoms. The number of hydrazone groups is 1. The Balaban J connectivity index is 2.14. The highest BCUT2D eigenvalue weighted by Crippen LogP contribution is 2.25. The van der Waals surface area contributed by atoms with Gasteiger partial charge in [0, 0.05) is 13.0 Å². The maximum absolute atomic E-state index is 11.5. The lowest BCUT2D eigenvalue weighted by atomic mass is 9.86. The summed E-state index contributed by atoms with van der Waals surface area (Å²) in [6.45, 7) is 0.721. The van der Waals surface area contributed by atoms with Crippen LogP contribution in [-0.2, 0) is 9.59 Å². The van der Waals surface area contributed by atoms with Crippen LogP contribution in [0.4, 0.5) is 0 Å². The van der Waals surface area contributed by atoms with Crippen LogP contribution >= 0.6 is 0 Å². The predicted molar refractivity (Wildman–Crippen MR) is 46.2 cm³/mol. The number of piperidine rings is 1. The first kappa shape index (κ1) is 8.22. The number of rotatable bonds is 1. The third-order valence-corrected chi connectivity index (χ3v) is 2.53. The maximum atomic E-state index is 11.5. The van der Waals surface area contributed by atoms with Crippen molar-refractivity contribution < 1.29 is 9.59 Å². The van der Waals surface area contributed by atoms with E-state index in [-0.39, 0.29) is 5.91 Å². The normalized spacial score (nSPS) is 32.3. The number of carbonyl (C=O) groups excluding carboxylic acids is 2. The average Bonchev–Trinajstić information content (AvgIpc) is 2.56. The molecule has 0 aromatic heterocycles. The van der Waals surface area contributed by atoms with Crippen LogP contribution in [0.25, 0.3) is 0 Å². The molecule has 1 atom stereocenters. The summed E-state index contributed by atoms with van der Waals surface area (Å²) in [6.07, 6.45) is 2.80. The van der Waals surface area contributed by atoms with Crippen LogP contribution in [0.3, 0.4) is 0 Å². The third kappa shape index (κ3) is 1.20. The average molecular weight is 181 g/mol. The van der Waals surface area contributed by atoms with Crippen molar-refractivity contribution in [2.45, 2.75) is 24.8 Å². The smallest absolute Gasteiger partial charge is 0.247 e. The molecule has 0 saturated carbocycles. The van der Waals surface area contributed by atoms with Gasteiger partial charge in [-0.25, -0.2) is 0 Å². The second kappa shape index (κ2) is 2.83. The van der Waals surface area contributed by atoms with E-state index in [1.165, 1.54) is 0 Å². The van der Waals surface area contributed by atoms with Crippen LogP contribution in [-0.4, -0.2) is 30.0 Å². The summed E-state index contributed by atoms with van der Waals surface area (Å²) in [5.41, 5.74) is 2.56. The van der Waals surface area contributed by atoms with Crippen molar-refractivity contribution in [1.82, 2.24) is 10.7 Å². The summed E-state index contributed by atoms with van der Waals surface area (Å²) >= 11 is 0. The summed E-state index contributed by atoms with van der Waals surface area (Å²) in [5.74, 6) is -0.0423. The van der Waals surface area contributed by atoms with E-state index in [1.54, 1.807) is 0 Å². The van der Waals surface area contributed by atoms with Gasteiger partial charge in [-0.2, -0.15) is 5.10 Å². The fourth-order valence-corrected chi connectivity index (χ4v) is 1.79. The number of amides is 1. The van der Waals surface area contributed by atoms with Crippen molar-refractivity contribution in [2.24, 2.45) is 5.10 Å². The topological polar surface area (TPSA) is 70.6 Å². The van der Waals surface area contributed by atoms with E-state index >= 15 is 0 Å². The van der Waals surface area contributed by atoms with Crippen molar-refractivity contribution in [2.75, 3.05) is 6.54 Å². The van der Waals surface area contributed by atoms with Gasteiger partial charge in [-0.05, 0) is 12.8 Å². The van der Waals surface area contributed by atoms with Crippen molar-refractivity contribution in [3.8, 4) is 0 Å². The molecule has 2 aliphatic heterocycles. The molecule has 2 heterocycles. The minimum absolute atomic E-state index is 0.0423. The molecule has 5 heteroatoms. The molecule has 0 aliphatic carbocycles. The Morgan fingerprint density at radius 2 is 2.38 bits per heavy atom. The first-order valence-electron chi connectivity index (χ1n) is 4.34. The van der Waals surface area contributed by atoms with Gasteiger partial charge < -0.3 is 5.32 Å². The summed E-state index contributed by atoms with van der Waals surface area (Å²) in [5, 5.41) is 6.59. The van der Waals surface area contributed by atoms with Gasteiger partial charge in [0.1, 0.15) is 11.3 Å². The number of nitrogens with zero attached hydrogens (tertiary/aromatic N) is 1. The van der Waals surface area contributed by atoms with E-state index in [1.807, 2.05) is 0 Å². The molecule has 1 saturated heterocycles. The van der Waals surface area contributed by atoms with Crippen LogP contribution in [0.2, 0.25) is 0 Å². The van der Waals surface area contributed by atoms with E-state index in [0.717, 1.165) is 19.4 Å². The second-order valence-corrected chi connectivity index (χ2v) is 3.45. The van der Waals surface area contributed by atoms with E-state index < -0.39 is 5.54 Å². The fourth-order valence-electron chi connectivity index (χ4n) is 1.79. The fraction of sp³-hybridized carbons (Fsp3) is 0.625. The Kier molecular flexibility index (Phi) is 1.79. The predicted octanol–water partition coefficient (Wildman–Crippen LogP) is -0.817. The molecule has 0 radical (unpaired) electrons. The Morgan fingerprint density at radius 1 is 1.54 bits per heavy atom. The zero-order valence-electron chi connectivity index (χ0n) is 7.17. The lowest BCUT2D eigenvalue weighted by Gasteiger charge is -2.31. The molecule has 2 rings (SSSR count). The van der Waals surface area contributed by atoms with Gasteiger partial charge >= 0.3 is 0 Å². The molecule has 5 nitrogen and oxygen atoms in total. The Morgan fingerprint density at radius 3 is 3.00 bits per heavy atom. The largest absolute Gasteiger partial charge is 0.354 e. The zero-order chi connectivity index (χ0) is 9.31. The Bertz CT molecular complexity index is 287. The van der Waals surface area contributed by atoms with E-state index in [4.69, 9.17) is 0 Å². The van der Waals surface area contributed by atoms with Crippen molar-refractivity contribution >= 4 is 17.9 Å². The van der Waals surface area contributed by atoms with Crippen LogP contribution in [0.5, 0.6) is 0 Å². The monoisotopic (exact) mass is 181 g/mol. The van der Waals surface area contributed by atoms with Gasteiger partial charge in [0.25, 0.3) is 0 Å². The SMILES string of the molecule is O=CC1=NNC2(CCCNC2=O)C1. The lowest BCUT2D eigenvalue weighted by Crippen LogP contribution is -2.56. The number of hydrogen-bond donors (Lipinski definition) is 2. The molecule has 13 heavy (non-hydrogen) atoms. The Labute approximate surface area is 75.6 Å². The van der Waals surface area contributed by atoms with Gasteiger partial charge in [0.15, 0.2) is 6.29 Å². The molecule has 2 N–H and O–H groups in total. The van der Waals surface area contributed by atoms with E-state index in [2.05, 4.69) is 15.8 Å². The summed E-state index contributed by atoms with van der Waals surface area (Å²) in [6, 6.07) is 0. The minimum Gasteiger partial charge on any atom is -0.354 e. The number of nitrogens with one attached hydrogen (secondary N) is 2. The first-order chi connectivity index (χ1) is 6.27. The van der Waals surface area contributed by atoms with Gasteiger partial charge in [-0.1, -0.05) is 0 Å². The van der Waals surface area contributed by atoms with Crippen LogP contribution in [0.15, 0.2) is 5.10 Å². The molecule has 1 unspecified atom stereocenters. The van der Waals surface area contributed by atoms with Crippen molar-refractivity contribution in [3.05, 3.63) is 0 Å². The summed E-state index contributed by atoms with van der Waals surface area (Å²) < 4.78 is 0. The highest BCUT2D eigenvalue weighted by Gasteiger charge is 2.44. The molecular weight excluding hydrogens is 170 g/mol. The second-order valence-electron chi connectivity index (χ2n) is 3.45. The third-order valence-electron chi connectivity index (χ3n) is 2.53. The molecule has 0 bridgehead atoms. The summed E-state index contributed by atoms with van der Waals surface area (Å²) in [7, 11) is 0. The van der Waals surface area contributed by atoms with E-state index in [9.17, 15) is 9.59 Å². The molecule has 70 valence electrons. The number of aldehydes is 1. The molecule has 1 amide bonds. The molecular formula is C8H11N3O2. The van der Waals surface area contributed by atoms with Crippen LogP contribution in [0.1, 0.15) is 19.3 Å². The molecule has 2 aliphatic rings. The standard InChI is InChI=1S/C8H11N3O2/c12-5-6-4-8(11-10-6)2-1-3-9-7(8)13/h5,11H,1-4H2,(H,9,13). The van der Waals surface area contributed by atoms with Crippen LogP contribution in [0, 0.1) is 0 Å². The zero-order valence-corrected chi connectivity index (χ0v) is 7.17. The highest BCUT2D eigenvalue weighted by atomic mass is 16.2. The van der Waals surface area contributed by atoms with Gasteiger partial charge in [-0.15, -0.1) is 0 Å². The quantitative estimate of drug-likeness (QED) is 0.519. The maximum Gasteiger partial charge on any atom is 0.247 e. The Hall–Kier alpha value is -1.39. The first-order valence-corrected chi connectivity index (χ1v) is 4.34.